The maximum absolute atomic E-state index is 12.3. The second kappa shape index (κ2) is 5.81. The fourth-order valence-electron chi connectivity index (χ4n) is 2.46. The molecule has 0 fully saturated rings. The predicted molar refractivity (Wildman–Crippen MR) is 93.3 cm³/mol. The van der Waals surface area contributed by atoms with Crippen LogP contribution in [-0.4, -0.2) is 16.9 Å². The average molecular weight is 414 g/mol. The molecule has 0 saturated heterocycles. The van der Waals surface area contributed by atoms with Crippen molar-refractivity contribution >= 4 is 57.3 Å². The Morgan fingerprint density at radius 1 is 1.29 bits per heavy atom. The van der Waals surface area contributed by atoms with E-state index in [-0.39, 0.29) is 11.9 Å². The molecule has 0 spiro atoms. The van der Waals surface area contributed by atoms with Crippen LogP contribution in [0.4, 0.5) is 17.2 Å². The zero-order valence-electron chi connectivity index (χ0n) is 11.3. The Morgan fingerprint density at radius 3 is 2.67 bits per heavy atom. The van der Waals surface area contributed by atoms with E-state index in [4.69, 9.17) is 11.6 Å². The molecule has 4 nitrogen and oxygen atoms in total. The third-order valence-corrected chi connectivity index (χ3v) is 4.36. The molecule has 6 heteroatoms. The van der Waals surface area contributed by atoms with E-state index in [1.807, 2.05) is 36.1 Å². The zero-order valence-corrected chi connectivity index (χ0v) is 14.2. The minimum absolute atomic E-state index is 0.0207. The van der Waals surface area contributed by atoms with Gasteiger partial charge in [-0.1, -0.05) is 18.5 Å². The molecule has 1 aliphatic heterocycles. The molecule has 1 unspecified atom stereocenters. The van der Waals surface area contributed by atoms with Gasteiger partial charge in [-0.2, -0.15) is 0 Å². The molecule has 2 aromatic rings. The van der Waals surface area contributed by atoms with Crippen molar-refractivity contribution in [3.63, 3.8) is 0 Å². The molecule has 1 aromatic heterocycles. The van der Waals surface area contributed by atoms with Gasteiger partial charge >= 0.3 is 0 Å². The highest BCUT2D eigenvalue weighted by Crippen LogP contribution is 2.38. The third-order valence-electron chi connectivity index (χ3n) is 3.43. The molecule has 1 N–H and O–H groups in total. The molecule has 1 atom stereocenters. The van der Waals surface area contributed by atoms with Gasteiger partial charge < -0.3 is 10.2 Å². The first-order chi connectivity index (χ1) is 10.1. The molecule has 2 heterocycles. The number of fused-ring (bicyclic) bond motifs is 1. The molecular weight excluding hydrogens is 401 g/mol. The van der Waals surface area contributed by atoms with Crippen molar-refractivity contribution in [2.75, 3.05) is 10.2 Å². The fourth-order valence-corrected chi connectivity index (χ4v) is 2.96. The average Bonchev–Trinajstić information content (AvgIpc) is 2.47. The van der Waals surface area contributed by atoms with Crippen LogP contribution in [-0.2, 0) is 4.79 Å². The highest BCUT2D eigenvalue weighted by Gasteiger charge is 2.33. The summed E-state index contributed by atoms with van der Waals surface area (Å²) in [6, 6.07) is 11.2. The number of benzene rings is 1. The van der Waals surface area contributed by atoms with E-state index < -0.39 is 0 Å². The third kappa shape index (κ3) is 2.72. The van der Waals surface area contributed by atoms with Crippen LogP contribution in [0.25, 0.3) is 0 Å². The number of rotatable bonds is 2. The Balaban J connectivity index is 2.16. The van der Waals surface area contributed by atoms with Crippen LogP contribution >= 0.6 is 34.2 Å². The lowest BCUT2D eigenvalue weighted by Crippen LogP contribution is -2.45. The van der Waals surface area contributed by atoms with E-state index in [9.17, 15) is 4.79 Å². The van der Waals surface area contributed by atoms with Crippen molar-refractivity contribution in [3.8, 4) is 0 Å². The second-order valence-electron chi connectivity index (χ2n) is 4.76. The van der Waals surface area contributed by atoms with Crippen molar-refractivity contribution < 1.29 is 4.79 Å². The minimum Gasteiger partial charge on any atom is -0.321 e. The highest BCUT2D eigenvalue weighted by atomic mass is 127. The Kier molecular flexibility index (Phi) is 4.03. The standard InChI is InChI=1S/C15H13ClIN3O/c1-2-12-15(21)18-11-7-8-13(16)19-14(11)20(12)10-5-3-9(17)4-6-10/h3-8,12H,2H2,1H3,(H,18,21). The molecule has 0 bridgehead atoms. The van der Waals surface area contributed by atoms with Crippen molar-refractivity contribution in [2.24, 2.45) is 0 Å². The number of hydrogen-bond acceptors (Lipinski definition) is 3. The molecule has 1 aliphatic rings. The number of nitrogens with one attached hydrogen (secondary N) is 1. The van der Waals surface area contributed by atoms with Crippen LogP contribution in [0.15, 0.2) is 36.4 Å². The van der Waals surface area contributed by atoms with Gasteiger partial charge in [0.05, 0.1) is 5.69 Å². The molecule has 0 aliphatic carbocycles. The highest BCUT2D eigenvalue weighted by molar-refractivity contribution is 14.1. The van der Waals surface area contributed by atoms with Crippen LogP contribution in [0.1, 0.15) is 13.3 Å². The summed E-state index contributed by atoms with van der Waals surface area (Å²) in [4.78, 5) is 18.7. The van der Waals surface area contributed by atoms with E-state index in [1.165, 1.54) is 0 Å². The fraction of sp³-hybridized carbons (Fsp3) is 0.200. The van der Waals surface area contributed by atoms with E-state index in [2.05, 4.69) is 32.9 Å². The number of carbonyl (C=O) groups excluding carboxylic acids is 1. The van der Waals surface area contributed by atoms with Gasteiger partial charge in [0, 0.05) is 9.26 Å². The van der Waals surface area contributed by atoms with Gasteiger partial charge in [0.25, 0.3) is 0 Å². The lowest BCUT2D eigenvalue weighted by Gasteiger charge is -2.36. The molecule has 1 amide bonds. The van der Waals surface area contributed by atoms with Crippen LogP contribution in [0, 0.1) is 3.57 Å². The van der Waals surface area contributed by atoms with Crippen molar-refractivity contribution in [1.29, 1.82) is 0 Å². The van der Waals surface area contributed by atoms with Crippen molar-refractivity contribution in [2.45, 2.75) is 19.4 Å². The van der Waals surface area contributed by atoms with Gasteiger partial charge in [0.1, 0.15) is 11.2 Å². The van der Waals surface area contributed by atoms with Crippen molar-refractivity contribution in [3.05, 3.63) is 45.1 Å². The monoisotopic (exact) mass is 413 g/mol. The zero-order chi connectivity index (χ0) is 15.0. The molecule has 21 heavy (non-hydrogen) atoms. The Morgan fingerprint density at radius 2 is 2.00 bits per heavy atom. The number of pyridine rings is 1. The maximum atomic E-state index is 12.3. The molecule has 3 rings (SSSR count). The summed E-state index contributed by atoms with van der Waals surface area (Å²) < 4.78 is 1.14. The van der Waals surface area contributed by atoms with Gasteiger partial charge in [-0.3, -0.25) is 4.79 Å². The quantitative estimate of drug-likeness (QED) is 0.593. The van der Waals surface area contributed by atoms with Gasteiger partial charge in [-0.05, 0) is 65.4 Å². The first kappa shape index (κ1) is 14.6. The van der Waals surface area contributed by atoms with E-state index >= 15 is 0 Å². The second-order valence-corrected chi connectivity index (χ2v) is 6.40. The molecule has 1 aromatic carbocycles. The van der Waals surface area contributed by atoms with Gasteiger partial charge in [-0.15, -0.1) is 0 Å². The van der Waals surface area contributed by atoms with Gasteiger partial charge in [0.2, 0.25) is 5.91 Å². The minimum atomic E-state index is -0.288. The lowest BCUT2D eigenvalue weighted by molar-refractivity contribution is -0.117. The lowest BCUT2D eigenvalue weighted by atomic mass is 10.1. The van der Waals surface area contributed by atoms with Crippen LogP contribution in [0.2, 0.25) is 5.15 Å². The summed E-state index contributed by atoms with van der Waals surface area (Å²) in [5.41, 5.74) is 1.63. The predicted octanol–water partition coefficient (Wildman–Crippen LogP) is 4.21. The Hall–Kier alpha value is -1.34. The molecule has 108 valence electrons. The van der Waals surface area contributed by atoms with Gasteiger partial charge in [0.15, 0.2) is 5.82 Å². The summed E-state index contributed by atoms with van der Waals surface area (Å²) in [5.74, 6) is 0.669. The van der Waals surface area contributed by atoms with Crippen LogP contribution in [0.5, 0.6) is 0 Å². The topological polar surface area (TPSA) is 45.2 Å². The van der Waals surface area contributed by atoms with Crippen LogP contribution < -0.4 is 10.2 Å². The van der Waals surface area contributed by atoms with Gasteiger partial charge in [-0.25, -0.2) is 4.98 Å². The maximum Gasteiger partial charge on any atom is 0.247 e. The Bertz CT molecular complexity index is 690. The number of hydrogen-bond donors (Lipinski definition) is 1. The summed E-state index contributed by atoms with van der Waals surface area (Å²) in [6.07, 6.45) is 0.686. The number of aromatic nitrogens is 1. The molecule has 0 radical (unpaired) electrons. The number of anilines is 3. The number of carbonyl (C=O) groups is 1. The van der Waals surface area contributed by atoms with E-state index in [1.54, 1.807) is 12.1 Å². The summed E-state index contributed by atoms with van der Waals surface area (Å²) >= 11 is 8.29. The number of nitrogens with zero attached hydrogens (tertiary/aromatic N) is 2. The van der Waals surface area contributed by atoms with E-state index in [0.29, 0.717) is 23.1 Å². The largest absolute Gasteiger partial charge is 0.321 e. The summed E-state index contributed by atoms with van der Waals surface area (Å²) in [7, 11) is 0. The van der Waals surface area contributed by atoms with E-state index in [0.717, 1.165) is 9.26 Å². The normalized spacial score (nSPS) is 17.4. The first-order valence-electron chi connectivity index (χ1n) is 6.62. The Labute approximate surface area is 141 Å². The SMILES string of the molecule is CCC1C(=O)Nc2ccc(Cl)nc2N1c1ccc(I)cc1. The van der Waals surface area contributed by atoms with Crippen molar-refractivity contribution in [1.82, 2.24) is 4.98 Å². The number of amides is 1. The molecule has 0 saturated carbocycles. The number of halogens is 2. The van der Waals surface area contributed by atoms with Crippen LogP contribution in [0.3, 0.4) is 0 Å². The smallest absolute Gasteiger partial charge is 0.247 e. The summed E-state index contributed by atoms with van der Waals surface area (Å²) in [5, 5.41) is 3.31. The summed E-state index contributed by atoms with van der Waals surface area (Å²) in [6.45, 7) is 1.99. The molecular formula is C15H13ClIN3O. The first-order valence-corrected chi connectivity index (χ1v) is 8.08.